The standard InChI is InChI=1S/C29H44N2O3/c1-24-11-4-5-12-27(24)28-13-8-15-29(25(28)2,33-21-9-18-30-16-6-3-7-17-30)34-22-10-19-31-20-14-26(32)23-31/h4-5,8,11-13,15,25-26,32H,3,6-7,9-10,14,16-23H2,1-2H3/t25?,26-,29?/m1/s1. The Hall–Kier alpha value is -1.50. The summed E-state index contributed by atoms with van der Waals surface area (Å²) >= 11 is 0. The molecule has 0 spiro atoms. The average Bonchev–Trinajstić information content (AvgIpc) is 3.27. The van der Waals surface area contributed by atoms with E-state index in [1.54, 1.807) is 0 Å². The van der Waals surface area contributed by atoms with Crippen molar-refractivity contribution < 1.29 is 14.6 Å². The molecule has 0 saturated carbocycles. The third kappa shape index (κ3) is 6.58. The summed E-state index contributed by atoms with van der Waals surface area (Å²) in [4.78, 5) is 4.91. The lowest BCUT2D eigenvalue weighted by Gasteiger charge is -2.40. The Morgan fingerprint density at radius 1 is 0.971 bits per heavy atom. The molecule has 188 valence electrons. The second kappa shape index (κ2) is 12.5. The van der Waals surface area contributed by atoms with E-state index < -0.39 is 5.79 Å². The van der Waals surface area contributed by atoms with Crippen LogP contribution in [0.2, 0.25) is 0 Å². The highest BCUT2D eigenvalue weighted by Gasteiger charge is 2.40. The lowest BCUT2D eigenvalue weighted by molar-refractivity contribution is -0.223. The zero-order valence-electron chi connectivity index (χ0n) is 21.3. The molecule has 34 heavy (non-hydrogen) atoms. The Kier molecular flexibility index (Phi) is 9.38. The first-order valence-electron chi connectivity index (χ1n) is 13.4. The molecule has 2 unspecified atom stereocenters. The first-order valence-corrected chi connectivity index (χ1v) is 13.4. The molecule has 5 nitrogen and oxygen atoms in total. The lowest BCUT2D eigenvalue weighted by atomic mass is 9.82. The van der Waals surface area contributed by atoms with Crippen LogP contribution in [0.3, 0.4) is 0 Å². The van der Waals surface area contributed by atoms with Gasteiger partial charge in [0.2, 0.25) is 0 Å². The van der Waals surface area contributed by atoms with Crippen LogP contribution in [0.4, 0.5) is 0 Å². The molecule has 3 atom stereocenters. The predicted octanol–water partition coefficient (Wildman–Crippen LogP) is 4.65. The van der Waals surface area contributed by atoms with Crippen molar-refractivity contribution in [2.45, 2.75) is 64.3 Å². The van der Waals surface area contributed by atoms with Gasteiger partial charge >= 0.3 is 0 Å². The first kappa shape index (κ1) is 25.6. The largest absolute Gasteiger partial charge is 0.392 e. The minimum Gasteiger partial charge on any atom is -0.392 e. The molecule has 4 rings (SSSR count). The number of piperidine rings is 1. The van der Waals surface area contributed by atoms with Gasteiger partial charge in [0, 0.05) is 32.1 Å². The van der Waals surface area contributed by atoms with Gasteiger partial charge in [0.25, 0.3) is 0 Å². The number of allylic oxidation sites excluding steroid dienone is 2. The normalized spacial score (nSPS) is 28.4. The topological polar surface area (TPSA) is 45.2 Å². The van der Waals surface area contributed by atoms with Crippen molar-refractivity contribution in [2.24, 2.45) is 5.92 Å². The molecule has 1 N–H and O–H groups in total. The highest BCUT2D eigenvalue weighted by atomic mass is 16.7. The quantitative estimate of drug-likeness (QED) is 0.378. The molecule has 1 aromatic carbocycles. The fraction of sp³-hybridized carbons (Fsp3) is 0.655. The predicted molar refractivity (Wildman–Crippen MR) is 139 cm³/mol. The van der Waals surface area contributed by atoms with Gasteiger partial charge in [0.05, 0.1) is 19.3 Å². The number of aliphatic hydroxyl groups is 1. The molecular weight excluding hydrogens is 424 g/mol. The highest BCUT2D eigenvalue weighted by molar-refractivity contribution is 5.73. The number of nitrogens with zero attached hydrogens (tertiary/aromatic N) is 2. The molecule has 0 radical (unpaired) electrons. The van der Waals surface area contributed by atoms with Gasteiger partial charge in [0.1, 0.15) is 0 Å². The van der Waals surface area contributed by atoms with Crippen molar-refractivity contribution in [3.8, 4) is 0 Å². The smallest absolute Gasteiger partial charge is 0.194 e. The van der Waals surface area contributed by atoms with Gasteiger partial charge in [-0.25, -0.2) is 0 Å². The van der Waals surface area contributed by atoms with E-state index in [0.717, 1.165) is 45.4 Å². The van der Waals surface area contributed by atoms with Crippen LogP contribution in [-0.2, 0) is 9.47 Å². The van der Waals surface area contributed by atoms with Crippen LogP contribution in [0.5, 0.6) is 0 Å². The number of hydrogen-bond donors (Lipinski definition) is 1. The zero-order chi connectivity index (χ0) is 23.8. The Bertz CT molecular complexity index is 818. The van der Waals surface area contributed by atoms with Crippen molar-refractivity contribution in [3.05, 3.63) is 53.6 Å². The van der Waals surface area contributed by atoms with Crippen molar-refractivity contribution in [1.82, 2.24) is 9.80 Å². The van der Waals surface area contributed by atoms with E-state index in [-0.39, 0.29) is 12.0 Å². The summed E-state index contributed by atoms with van der Waals surface area (Å²) in [6, 6.07) is 8.59. The van der Waals surface area contributed by atoms with E-state index in [0.29, 0.717) is 13.2 Å². The second-order valence-corrected chi connectivity index (χ2v) is 10.3. The number of ether oxygens (including phenoxy) is 2. The molecule has 1 aliphatic carbocycles. The van der Waals surface area contributed by atoms with E-state index in [4.69, 9.17) is 9.47 Å². The lowest BCUT2D eigenvalue weighted by Crippen LogP contribution is -2.44. The van der Waals surface area contributed by atoms with E-state index in [2.05, 4.69) is 66.1 Å². The van der Waals surface area contributed by atoms with Crippen molar-refractivity contribution in [3.63, 3.8) is 0 Å². The summed E-state index contributed by atoms with van der Waals surface area (Å²) in [7, 11) is 0. The van der Waals surface area contributed by atoms with Crippen LogP contribution in [-0.4, -0.2) is 79.3 Å². The molecule has 2 saturated heterocycles. The zero-order valence-corrected chi connectivity index (χ0v) is 21.3. The van der Waals surface area contributed by atoms with Crippen LogP contribution < -0.4 is 0 Å². The number of rotatable bonds is 11. The van der Waals surface area contributed by atoms with E-state index in [1.807, 2.05) is 0 Å². The third-order valence-corrected chi connectivity index (χ3v) is 7.72. The minimum atomic E-state index is -0.737. The van der Waals surface area contributed by atoms with Gasteiger partial charge < -0.3 is 24.4 Å². The maximum Gasteiger partial charge on any atom is 0.194 e. The van der Waals surface area contributed by atoms with Crippen molar-refractivity contribution in [2.75, 3.05) is 52.5 Å². The van der Waals surface area contributed by atoms with Gasteiger partial charge in [-0.1, -0.05) is 49.8 Å². The Morgan fingerprint density at radius 2 is 1.68 bits per heavy atom. The molecule has 2 fully saturated rings. The number of hydrogen-bond acceptors (Lipinski definition) is 5. The summed E-state index contributed by atoms with van der Waals surface area (Å²) in [6.07, 6.45) is 13.2. The van der Waals surface area contributed by atoms with Crippen LogP contribution in [0.25, 0.3) is 5.57 Å². The second-order valence-electron chi connectivity index (χ2n) is 10.3. The average molecular weight is 469 g/mol. The fourth-order valence-electron chi connectivity index (χ4n) is 5.64. The summed E-state index contributed by atoms with van der Waals surface area (Å²) in [6.45, 7) is 12.0. The molecule has 0 bridgehead atoms. The first-order chi connectivity index (χ1) is 16.6. The van der Waals surface area contributed by atoms with E-state index >= 15 is 0 Å². The number of aryl methyl sites for hydroxylation is 1. The Balaban J connectivity index is 1.38. The highest BCUT2D eigenvalue weighted by Crippen LogP contribution is 2.40. The summed E-state index contributed by atoms with van der Waals surface area (Å²) in [5.74, 6) is -0.638. The summed E-state index contributed by atoms with van der Waals surface area (Å²) < 4.78 is 13.2. The maximum absolute atomic E-state index is 9.80. The van der Waals surface area contributed by atoms with Gasteiger partial charge in [0.15, 0.2) is 5.79 Å². The Morgan fingerprint density at radius 3 is 2.35 bits per heavy atom. The molecule has 1 aromatic rings. The summed E-state index contributed by atoms with van der Waals surface area (Å²) in [5, 5.41) is 9.80. The SMILES string of the molecule is Cc1ccccc1C1=CC=CC(OCCCN2CCCCC2)(OCCCN2CC[C@@H](O)C2)C1C. The minimum absolute atomic E-state index is 0.0993. The van der Waals surface area contributed by atoms with Crippen LogP contribution in [0.1, 0.15) is 56.6 Å². The molecule has 2 heterocycles. The monoisotopic (exact) mass is 468 g/mol. The van der Waals surface area contributed by atoms with Crippen LogP contribution >= 0.6 is 0 Å². The number of likely N-dealkylation sites (tertiary alicyclic amines) is 2. The molecule has 0 amide bonds. The van der Waals surface area contributed by atoms with E-state index in [9.17, 15) is 5.11 Å². The van der Waals surface area contributed by atoms with Gasteiger partial charge in [-0.2, -0.15) is 0 Å². The maximum atomic E-state index is 9.80. The molecule has 0 aromatic heterocycles. The molecule has 2 aliphatic heterocycles. The fourth-order valence-corrected chi connectivity index (χ4v) is 5.64. The Labute approximate surface area is 206 Å². The van der Waals surface area contributed by atoms with Crippen LogP contribution in [0, 0.1) is 12.8 Å². The molecular formula is C29H44N2O3. The molecule has 3 aliphatic rings. The molecule has 5 heteroatoms. The number of benzene rings is 1. The van der Waals surface area contributed by atoms with Crippen molar-refractivity contribution in [1.29, 1.82) is 0 Å². The third-order valence-electron chi connectivity index (χ3n) is 7.72. The number of β-amino-alcohol motifs (C(OH)–C–C–N with tert-alkyl or cyclic N) is 1. The van der Waals surface area contributed by atoms with Gasteiger partial charge in [-0.15, -0.1) is 0 Å². The van der Waals surface area contributed by atoms with E-state index in [1.165, 1.54) is 49.1 Å². The van der Waals surface area contributed by atoms with Gasteiger partial charge in [-0.3, -0.25) is 0 Å². The van der Waals surface area contributed by atoms with Gasteiger partial charge in [-0.05, 0) is 74.9 Å². The summed E-state index contributed by atoms with van der Waals surface area (Å²) in [5.41, 5.74) is 3.83. The number of aliphatic hydroxyl groups excluding tert-OH is 1. The van der Waals surface area contributed by atoms with Crippen molar-refractivity contribution >= 4 is 5.57 Å². The van der Waals surface area contributed by atoms with Crippen LogP contribution in [0.15, 0.2) is 42.5 Å².